The van der Waals surface area contributed by atoms with Crippen molar-refractivity contribution in [2.45, 2.75) is 0 Å². The van der Waals surface area contributed by atoms with Gasteiger partial charge in [0.25, 0.3) is 0 Å². The molecule has 0 aliphatic heterocycles. The monoisotopic (exact) mass is 318 g/mol. The second kappa shape index (κ2) is 5.96. The molecule has 4 aromatic rings. The van der Waals surface area contributed by atoms with E-state index in [0.29, 0.717) is 5.95 Å². The zero-order valence-electron chi connectivity index (χ0n) is 12.9. The molecule has 0 aliphatic rings. The van der Waals surface area contributed by atoms with Crippen molar-refractivity contribution in [3.63, 3.8) is 0 Å². The normalized spacial score (nSPS) is 10.7. The summed E-state index contributed by atoms with van der Waals surface area (Å²) in [7, 11) is 1.65. The lowest BCUT2D eigenvalue weighted by Crippen LogP contribution is -1.94. The van der Waals surface area contributed by atoms with E-state index in [4.69, 9.17) is 4.74 Å². The first-order chi connectivity index (χ1) is 11.8. The highest BCUT2D eigenvalue weighted by atomic mass is 16.5. The van der Waals surface area contributed by atoms with Crippen molar-refractivity contribution in [3.05, 3.63) is 61.3 Å². The van der Waals surface area contributed by atoms with Crippen molar-refractivity contribution in [1.29, 1.82) is 0 Å². The highest BCUT2D eigenvalue weighted by molar-refractivity contribution is 5.78. The van der Waals surface area contributed by atoms with Crippen molar-refractivity contribution in [2.24, 2.45) is 0 Å². The minimum atomic E-state index is 0.491. The zero-order valence-corrected chi connectivity index (χ0v) is 12.9. The number of hydrogen-bond acceptors (Lipinski definition) is 6. The largest absolute Gasteiger partial charge is 0.497 e. The molecule has 118 valence electrons. The molecular weight excluding hydrogens is 304 g/mol. The van der Waals surface area contributed by atoms with Crippen LogP contribution in [0.1, 0.15) is 0 Å². The number of pyridine rings is 1. The molecule has 0 aliphatic carbocycles. The molecule has 0 saturated heterocycles. The number of methoxy groups -OCH3 is 1. The van der Waals surface area contributed by atoms with E-state index in [-0.39, 0.29) is 0 Å². The minimum absolute atomic E-state index is 0.491. The maximum Gasteiger partial charge on any atom is 0.247 e. The Labute approximate surface area is 138 Å². The number of fused-ring (bicyclic) bond motifs is 1. The van der Waals surface area contributed by atoms with Crippen molar-refractivity contribution in [1.82, 2.24) is 24.6 Å². The fraction of sp³-hybridized carbons (Fsp3) is 0.0588. The Balaban J connectivity index is 1.74. The van der Waals surface area contributed by atoms with Gasteiger partial charge in [-0.25, -0.2) is 14.5 Å². The second-order valence-corrected chi connectivity index (χ2v) is 5.11. The molecule has 0 radical (unpaired) electrons. The van der Waals surface area contributed by atoms with Gasteiger partial charge in [-0.15, -0.1) is 5.10 Å². The Hall–Kier alpha value is -3.48. The third-order valence-electron chi connectivity index (χ3n) is 3.58. The van der Waals surface area contributed by atoms with Crippen LogP contribution in [0.15, 0.2) is 61.3 Å². The first kappa shape index (κ1) is 14.1. The molecule has 7 nitrogen and oxygen atoms in total. The van der Waals surface area contributed by atoms with Crippen LogP contribution >= 0.6 is 0 Å². The average Bonchev–Trinajstić information content (AvgIpc) is 3.05. The summed E-state index contributed by atoms with van der Waals surface area (Å²) in [5.41, 5.74) is 3.54. The van der Waals surface area contributed by atoms with E-state index in [1.54, 1.807) is 24.0 Å². The van der Waals surface area contributed by atoms with Gasteiger partial charge in [-0.1, -0.05) is 12.1 Å². The topological polar surface area (TPSA) is 77.2 Å². The molecule has 1 aromatic carbocycles. The minimum Gasteiger partial charge on any atom is -0.497 e. The molecule has 0 spiro atoms. The van der Waals surface area contributed by atoms with E-state index in [2.05, 4.69) is 25.4 Å². The number of aromatic nitrogens is 5. The second-order valence-electron chi connectivity index (χ2n) is 5.11. The molecule has 7 heteroatoms. The molecule has 0 saturated carbocycles. The van der Waals surface area contributed by atoms with E-state index in [1.807, 2.05) is 42.6 Å². The van der Waals surface area contributed by atoms with Crippen LogP contribution in [0.25, 0.3) is 16.8 Å². The Kier molecular flexibility index (Phi) is 3.51. The highest BCUT2D eigenvalue weighted by Crippen LogP contribution is 2.26. The predicted molar refractivity (Wildman–Crippen MR) is 90.3 cm³/mol. The molecule has 0 atom stereocenters. The van der Waals surface area contributed by atoms with Gasteiger partial charge in [0.15, 0.2) is 5.65 Å². The number of benzene rings is 1. The molecule has 3 heterocycles. The fourth-order valence-electron chi connectivity index (χ4n) is 2.45. The van der Waals surface area contributed by atoms with E-state index in [9.17, 15) is 0 Å². The quantitative estimate of drug-likeness (QED) is 0.623. The maximum atomic E-state index is 5.21. The van der Waals surface area contributed by atoms with Crippen LogP contribution in [0.4, 0.5) is 11.6 Å². The van der Waals surface area contributed by atoms with Gasteiger partial charge in [-0.05, 0) is 29.8 Å². The van der Waals surface area contributed by atoms with Crippen molar-refractivity contribution in [2.75, 3.05) is 12.4 Å². The van der Waals surface area contributed by atoms with Gasteiger partial charge in [0.05, 0.1) is 25.2 Å². The number of anilines is 2. The van der Waals surface area contributed by atoms with E-state index >= 15 is 0 Å². The number of ether oxygens (including phenoxy) is 1. The third kappa shape index (κ3) is 2.63. The summed E-state index contributed by atoms with van der Waals surface area (Å²) < 4.78 is 6.95. The number of nitrogens with one attached hydrogen (secondary N) is 1. The zero-order chi connectivity index (χ0) is 16.4. The van der Waals surface area contributed by atoms with Crippen molar-refractivity contribution < 1.29 is 4.74 Å². The summed E-state index contributed by atoms with van der Waals surface area (Å²) in [6, 6.07) is 11.8. The van der Waals surface area contributed by atoms with Gasteiger partial charge in [0.2, 0.25) is 5.95 Å². The highest BCUT2D eigenvalue weighted by Gasteiger charge is 2.10. The lowest BCUT2D eigenvalue weighted by Gasteiger charge is -2.04. The van der Waals surface area contributed by atoms with E-state index < -0.39 is 0 Å². The molecule has 4 rings (SSSR count). The third-order valence-corrected chi connectivity index (χ3v) is 3.58. The van der Waals surface area contributed by atoms with Crippen molar-refractivity contribution >= 4 is 17.3 Å². The SMILES string of the molecule is COc1ccc(-c2cccn3nc(Nc4cncnc4)nc23)cc1. The smallest absolute Gasteiger partial charge is 0.247 e. The summed E-state index contributed by atoms with van der Waals surface area (Å²) in [5.74, 6) is 1.31. The molecule has 24 heavy (non-hydrogen) atoms. The molecule has 0 amide bonds. The summed E-state index contributed by atoms with van der Waals surface area (Å²) in [5, 5.41) is 7.54. The van der Waals surface area contributed by atoms with Gasteiger partial charge < -0.3 is 10.1 Å². The fourth-order valence-corrected chi connectivity index (χ4v) is 2.45. The van der Waals surface area contributed by atoms with Gasteiger partial charge in [0, 0.05) is 11.8 Å². The molecule has 0 bridgehead atoms. The Morgan fingerprint density at radius 2 is 1.83 bits per heavy atom. The lowest BCUT2D eigenvalue weighted by atomic mass is 10.1. The molecule has 0 unspecified atom stereocenters. The maximum absolute atomic E-state index is 5.21. The van der Waals surface area contributed by atoms with Gasteiger partial charge >= 0.3 is 0 Å². The number of hydrogen-bond donors (Lipinski definition) is 1. The van der Waals surface area contributed by atoms with Gasteiger partial charge in [-0.2, -0.15) is 4.98 Å². The standard InChI is InChI=1S/C17H14N6O/c1-24-14-6-4-12(5-7-14)15-3-2-8-23-16(15)21-17(22-23)20-13-9-18-11-19-10-13/h2-11H,1H3,(H,20,22). The van der Waals surface area contributed by atoms with Crippen LogP contribution in [0.2, 0.25) is 0 Å². The summed E-state index contributed by atoms with van der Waals surface area (Å²) in [4.78, 5) is 12.5. The van der Waals surface area contributed by atoms with Crippen LogP contribution in [0.5, 0.6) is 5.75 Å². The van der Waals surface area contributed by atoms with E-state index in [1.165, 1.54) is 6.33 Å². The molecular formula is C17H14N6O. The average molecular weight is 318 g/mol. The van der Waals surface area contributed by atoms with Crippen LogP contribution in [-0.4, -0.2) is 31.7 Å². The Morgan fingerprint density at radius 1 is 1.04 bits per heavy atom. The Bertz CT molecular complexity index is 965. The summed E-state index contributed by atoms with van der Waals surface area (Å²) in [6.45, 7) is 0. The molecule has 3 aromatic heterocycles. The van der Waals surface area contributed by atoms with Crippen LogP contribution in [0.3, 0.4) is 0 Å². The first-order valence-corrected chi connectivity index (χ1v) is 7.35. The number of nitrogens with zero attached hydrogens (tertiary/aromatic N) is 5. The number of rotatable bonds is 4. The van der Waals surface area contributed by atoms with Gasteiger partial charge in [0.1, 0.15) is 12.1 Å². The summed E-state index contributed by atoms with van der Waals surface area (Å²) in [6.07, 6.45) is 6.68. The van der Waals surface area contributed by atoms with Crippen LogP contribution in [-0.2, 0) is 0 Å². The first-order valence-electron chi connectivity index (χ1n) is 7.35. The lowest BCUT2D eigenvalue weighted by molar-refractivity contribution is 0.415. The molecule has 0 fully saturated rings. The summed E-state index contributed by atoms with van der Waals surface area (Å²) >= 11 is 0. The van der Waals surface area contributed by atoms with Crippen molar-refractivity contribution in [3.8, 4) is 16.9 Å². The van der Waals surface area contributed by atoms with E-state index in [0.717, 1.165) is 28.2 Å². The molecule has 1 N–H and O–H groups in total. The predicted octanol–water partition coefficient (Wildman–Crippen LogP) is 2.94. The van der Waals surface area contributed by atoms with Gasteiger partial charge in [-0.3, -0.25) is 0 Å². The van der Waals surface area contributed by atoms with Crippen LogP contribution in [0, 0.1) is 0 Å². The van der Waals surface area contributed by atoms with Crippen LogP contribution < -0.4 is 10.1 Å². The Morgan fingerprint density at radius 3 is 2.58 bits per heavy atom.